The highest BCUT2D eigenvalue weighted by atomic mass is 35.5. The molecule has 1 N–H and O–H groups in total. The minimum absolute atomic E-state index is 0.0718. The molecule has 5 heteroatoms. The van der Waals surface area contributed by atoms with Crippen LogP contribution in [0.25, 0.3) is 0 Å². The summed E-state index contributed by atoms with van der Waals surface area (Å²) < 4.78 is 0. The molecule has 0 aliphatic heterocycles. The van der Waals surface area contributed by atoms with Crippen molar-refractivity contribution in [2.24, 2.45) is 0 Å². The fourth-order valence-electron chi connectivity index (χ4n) is 0.591. The number of carboxylic acid groups (broad SMARTS) is 1. The van der Waals surface area contributed by atoms with Crippen molar-refractivity contribution in [1.29, 1.82) is 0 Å². The van der Waals surface area contributed by atoms with Gasteiger partial charge in [-0.2, -0.15) is 0 Å². The van der Waals surface area contributed by atoms with E-state index in [9.17, 15) is 4.79 Å². The summed E-state index contributed by atoms with van der Waals surface area (Å²) in [5, 5.41) is 8.40. The number of carbonyl (C=O) groups is 1. The number of hydrogen-bond acceptors (Lipinski definition) is 3. The lowest BCUT2D eigenvalue weighted by molar-refractivity contribution is 0.0690. The highest BCUT2D eigenvalue weighted by molar-refractivity contribution is 6.31. The molecule has 0 unspecified atom stereocenters. The second-order valence-corrected chi connectivity index (χ2v) is 2.31. The Morgan fingerprint density at radius 1 is 1.54 bits per heavy atom. The van der Waals surface area contributed by atoms with Gasteiger partial charge in [0.2, 0.25) is 0 Å². The van der Waals surface area contributed by atoms with Crippen molar-refractivity contribution in [2.45, 2.75) is 20.8 Å². The third kappa shape index (κ3) is 3.38. The van der Waals surface area contributed by atoms with Crippen LogP contribution in [0.4, 0.5) is 0 Å². The van der Waals surface area contributed by atoms with E-state index in [4.69, 9.17) is 16.7 Å². The molecule has 0 bridgehead atoms. The molecular weight excluding hydrogens is 192 g/mol. The first-order valence-electron chi connectivity index (χ1n) is 3.83. The third-order valence-corrected chi connectivity index (χ3v) is 1.32. The van der Waals surface area contributed by atoms with Crippen LogP contribution >= 0.6 is 11.6 Å². The highest BCUT2D eigenvalue weighted by Gasteiger charge is 2.10. The van der Waals surface area contributed by atoms with Crippen LogP contribution < -0.4 is 0 Å². The molecule has 0 spiro atoms. The molecule has 0 aliphatic carbocycles. The number of nitrogens with zero attached hydrogens (tertiary/aromatic N) is 2. The Balaban J connectivity index is 0.000000671. The van der Waals surface area contributed by atoms with Crippen LogP contribution in [0.15, 0.2) is 6.20 Å². The molecule has 1 heterocycles. The van der Waals surface area contributed by atoms with Gasteiger partial charge in [0, 0.05) is 6.20 Å². The molecule has 0 atom stereocenters. The lowest BCUT2D eigenvalue weighted by Crippen LogP contribution is -2.03. The number of carboxylic acids is 1. The first-order chi connectivity index (χ1) is 6.11. The van der Waals surface area contributed by atoms with Crippen molar-refractivity contribution in [3.8, 4) is 0 Å². The van der Waals surface area contributed by atoms with E-state index in [2.05, 4.69) is 9.97 Å². The van der Waals surface area contributed by atoms with Gasteiger partial charge in [0.1, 0.15) is 0 Å². The van der Waals surface area contributed by atoms with Gasteiger partial charge in [0.15, 0.2) is 10.8 Å². The van der Waals surface area contributed by atoms with Crippen molar-refractivity contribution in [2.75, 3.05) is 0 Å². The van der Waals surface area contributed by atoms with Crippen LogP contribution in [-0.4, -0.2) is 21.0 Å². The Labute approximate surface area is 81.6 Å². The zero-order valence-electron chi connectivity index (χ0n) is 7.71. The zero-order valence-corrected chi connectivity index (χ0v) is 8.46. The molecule has 0 amide bonds. The van der Waals surface area contributed by atoms with Gasteiger partial charge in [-0.05, 0) is 6.92 Å². The van der Waals surface area contributed by atoms with Crippen molar-refractivity contribution in [3.63, 3.8) is 0 Å². The van der Waals surface area contributed by atoms with E-state index in [0.29, 0.717) is 5.69 Å². The normalized spacial score (nSPS) is 8.62. The maximum Gasteiger partial charge on any atom is 0.357 e. The van der Waals surface area contributed by atoms with E-state index in [-0.39, 0.29) is 10.8 Å². The summed E-state index contributed by atoms with van der Waals surface area (Å²) in [5.41, 5.74) is 0.386. The molecule has 0 aromatic carbocycles. The molecule has 0 aliphatic rings. The predicted octanol–water partition coefficient (Wildman–Crippen LogP) is 2.16. The second kappa shape index (κ2) is 5.48. The zero-order chi connectivity index (χ0) is 10.4. The predicted molar refractivity (Wildman–Crippen MR) is 50.1 cm³/mol. The average molecular weight is 203 g/mol. The number of aromatic carboxylic acids is 1. The molecule has 1 rings (SSSR count). The Kier molecular flexibility index (Phi) is 4.99. The summed E-state index contributed by atoms with van der Waals surface area (Å²) in [7, 11) is 0. The van der Waals surface area contributed by atoms with Gasteiger partial charge in [-0.25, -0.2) is 14.8 Å². The minimum atomic E-state index is -1.16. The largest absolute Gasteiger partial charge is 0.476 e. The van der Waals surface area contributed by atoms with Crippen LogP contribution in [0.5, 0.6) is 0 Å². The smallest absolute Gasteiger partial charge is 0.357 e. The lowest BCUT2D eigenvalue weighted by Gasteiger charge is -1.96. The summed E-state index contributed by atoms with van der Waals surface area (Å²) >= 11 is 5.47. The standard InChI is InChI=1S/C6H5ClN2O2.C2H6/c1-3-2-8-4(6(10)11)5(7)9-3;1-2/h2H,1H3,(H,10,11);1-2H3. The Morgan fingerprint density at radius 2 is 2.08 bits per heavy atom. The topological polar surface area (TPSA) is 63.1 Å². The van der Waals surface area contributed by atoms with Gasteiger partial charge < -0.3 is 5.11 Å². The maximum absolute atomic E-state index is 10.3. The van der Waals surface area contributed by atoms with Gasteiger partial charge in [-0.15, -0.1) is 0 Å². The van der Waals surface area contributed by atoms with Crippen molar-refractivity contribution >= 4 is 17.6 Å². The molecule has 0 fully saturated rings. The summed E-state index contributed by atoms with van der Waals surface area (Å²) in [5.74, 6) is -1.16. The number of hydrogen-bond donors (Lipinski definition) is 1. The second-order valence-electron chi connectivity index (χ2n) is 1.96. The third-order valence-electron chi connectivity index (χ3n) is 1.05. The van der Waals surface area contributed by atoms with E-state index < -0.39 is 5.97 Å². The van der Waals surface area contributed by atoms with Crippen LogP contribution in [-0.2, 0) is 0 Å². The fourth-order valence-corrected chi connectivity index (χ4v) is 0.854. The fraction of sp³-hybridized carbons (Fsp3) is 0.375. The van der Waals surface area contributed by atoms with Crippen molar-refractivity contribution < 1.29 is 9.90 Å². The molecule has 1 aromatic rings. The Hall–Kier alpha value is -1.16. The molecule has 1 aromatic heterocycles. The van der Waals surface area contributed by atoms with Crippen LogP contribution in [0.1, 0.15) is 30.0 Å². The molecule has 72 valence electrons. The van der Waals surface area contributed by atoms with E-state index >= 15 is 0 Å². The highest BCUT2D eigenvalue weighted by Crippen LogP contribution is 2.09. The molecule has 0 radical (unpaired) electrons. The van der Waals surface area contributed by atoms with E-state index in [1.807, 2.05) is 13.8 Å². The lowest BCUT2D eigenvalue weighted by atomic mass is 10.4. The molecule has 13 heavy (non-hydrogen) atoms. The van der Waals surface area contributed by atoms with Crippen molar-refractivity contribution in [3.05, 3.63) is 22.7 Å². The van der Waals surface area contributed by atoms with Crippen LogP contribution in [0.2, 0.25) is 5.15 Å². The first kappa shape index (κ1) is 11.8. The van der Waals surface area contributed by atoms with Crippen LogP contribution in [0, 0.1) is 6.92 Å². The molecular formula is C8H11ClN2O2. The summed E-state index contributed by atoms with van der Waals surface area (Å²) in [6.45, 7) is 5.69. The van der Waals surface area contributed by atoms with E-state index in [1.165, 1.54) is 6.20 Å². The number of aromatic nitrogens is 2. The van der Waals surface area contributed by atoms with Crippen LogP contribution in [0.3, 0.4) is 0 Å². The summed E-state index contributed by atoms with van der Waals surface area (Å²) in [6.07, 6.45) is 1.36. The number of rotatable bonds is 1. The monoisotopic (exact) mass is 202 g/mol. The number of aryl methyl sites for hydroxylation is 1. The first-order valence-corrected chi connectivity index (χ1v) is 4.21. The maximum atomic E-state index is 10.3. The minimum Gasteiger partial charge on any atom is -0.476 e. The molecule has 0 saturated carbocycles. The molecule has 4 nitrogen and oxygen atoms in total. The van der Waals surface area contributed by atoms with Gasteiger partial charge in [0.05, 0.1) is 5.69 Å². The van der Waals surface area contributed by atoms with E-state index in [1.54, 1.807) is 6.92 Å². The van der Waals surface area contributed by atoms with Gasteiger partial charge in [0.25, 0.3) is 0 Å². The SMILES string of the molecule is CC.Cc1cnc(C(=O)O)c(Cl)n1. The summed E-state index contributed by atoms with van der Waals surface area (Å²) in [4.78, 5) is 17.6. The van der Waals surface area contributed by atoms with Gasteiger partial charge in [-0.3, -0.25) is 0 Å². The summed E-state index contributed by atoms with van der Waals surface area (Å²) in [6, 6.07) is 0. The quantitative estimate of drug-likeness (QED) is 0.758. The average Bonchev–Trinajstić information content (AvgIpc) is 2.07. The Morgan fingerprint density at radius 3 is 2.46 bits per heavy atom. The van der Waals surface area contributed by atoms with Gasteiger partial charge >= 0.3 is 5.97 Å². The Bertz CT molecular complexity index is 302. The van der Waals surface area contributed by atoms with E-state index in [0.717, 1.165) is 0 Å². The van der Waals surface area contributed by atoms with Gasteiger partial charge in [-0.1, -0.05) is 25.4 Å². The van der Waals surface area contributed by atoms with Crippen molar-refractivity contribution in [1.82, 2.24) is 9.97 Å². The number of halogens is 1. The molecule has 0 saturated heterocycles.